The number of halogens is 1. The Balaban J connectivity index is 1.90. The first-order valence-corrected chi connectivity index (χ1v) is 9.36. The number of hydrogen-bond donors (Lipinski definition) is 0. The standard InChI is InChI=1S/C22H25FN2O3/c1-15(2)25-19(26)14-28-21(20(25)16-9-5-4-6-10-16)22(27)24(3)13-17-11-7-8-12-18(17)23/h4-12,15,20-21H,13-14H2,1-3H3/t20-,21+/m1/s1. The van der Waals surface area contributed by atoms with E-state index in [1.807, 2.05) is 44.2 Å². The van der Waals surface area contributed by atoms with Crippen LogP contribution in [0.5, 0.6) is 0 Å². The molecule has 2 amide bonds. The van der Waals surface area contributed by atoms with Crippen LogP contribution >= 0.6 is 0 Å². The third-order valence-corrected chi connectivity index (χ3v) is 4.94. The van der Waals surface area contributed by atoms with Crippen molar-refractivity contribution in [2.75, 3.05) is 13.7 Å². The lowest BCUT2D eigenvalue weighted by molar-refractivity contribution is -0.171. The zero-order valence-electron chi connectivity index (χ0n) is 16.3. The van der Waals surface area contributed by atoms with Crippen LogP contribution in [0.1, 0.15) is 31.0 Å². The molecule has 0 spiro atoms. The number of morpholine rings is 1. The average molecular weight is 384 g/mol. The molecular weight excluding hydrogens is 359 g/mol. The highest BCUT2D eigenvalue weighted by molar-refractivity contribution is 5.86. The van der Waals surface area contributed by atoms with Crippen LogP contribution in [0.4, 0.5) is 4.39 Å². The van der Waals surface area contributed by atoms with Crippen molar-refractivity contribution in [1.29, 1.82) is 0 Å². The first kappa shape index (κ1) is 20.0. The summed E-state index contributed by atoms with van der Waals surface area (Å²) in [6.07, 6.45) is -0.848. The van der Waals surface area contributed by atoms with Crippen molar-refractivity contribution in [3.63, 3.8) is 0 Å². The monoisotopic (exact) mass is 384 g/mol. The van der Waals surface area contributed by atoms with Gasteiger partial charge in [-0.3, -0.25) is 9.59 Å². The maximum atomic E-state index is 14.0. The van der Waals surface area contributed by atoms with Gasteiger partial charge in [0.2, 0.25) is 5.91 Å². The Hall–Kier alpha value is -2.73. The molecule has 1 saturated heterocycles. The van der Waals surface area contributed by atoms with Crippen molar-refractivity contribution in [3.05, 3.63) is 71.5 Å². The predicted octanol–water partition coefficient (Wildman–Crippen LogP) is 3.16. The molecule has 2 aromatic carbocycles. The second-order valence-electron chi connectivity index (χ2n) is 7.27. The van der Waals surface area contributed by atoms with Crippen molar-refractivity contribution >= 4 is 11.8 Å². The number of benzene rings is 2. The number of nitrogens with zero attached hydrogens (tertiary/aromatic N) is 2. The third kappa shape index (κ3) is 4.07. The number of hydrogen-bond acceptors (Lipinski definition) is 3. The Kier molecular flexibility index (Phi) is 6.09. The van der Waals surface area contributed by atoms with Crippen LogP contribution in [-0.2, 0) is 20.9 Å². The van der Waals surface area contributed by atoms with Crippen molar-refractivity contribution in [2.24, 2.45) is 0 Å². The second-order valence-corrected chi connectivity index (χ2v) is 7.27. The highest BCUT2D eigenvalue weighted by Gasteiger charge is 2.43. The molecule has 0 bridgehead atoms. The molecule has 28 heavy (non-hydrogen) atoms. The average Bonchev–Trinajstić information content (AvgIpc) is 2.69. The summed E-state index contributed by atoms with van der Waals surface area (Å²) in [6, 6.07) is 15.2. The van der Waals surface area contributed by atoms with Gasteiger partial charge in [0, 0.05) is 25.2 Å². The zero-order chi connectivity index (χ0) is 20.3. The maximum absolute atomic E-state index is 14.0. The van der Waals surface area contributed by atoms with Crippen molar-refractivity contribution in [2.45, 2.75) is 38.6 Å². The molecule has 5 nitrogen and oxygen atoms in total. The molecule has 0 N–H and O–H groups in total. The van der Waals surface area contributed by atoms with Crippen molar-refractivity contribution in [1.82, 2.24) is 9.80 Å². The molecule has 6 heteroatoms. The SMILES string of the molecule is CC(C)N1C(=O)CO[C@H](C(=O)N(C)Cc2ccccc2F)[C@H]1c1ccccc1. The van der Waals surface area contributed by atoms with Crippen LogP contribution in [0, 0.1) is 5.82 Å². The van der Waals surface area contributed by atoms with E-state index in [9.17, 15) is 14.0 Å². The summed E-state index contributed by atoms with van der Waals surface area (Å²) in [6.45, 7) is 3.82. The van der Waals surface area contributed by atoms with E-state index in [1.54, 1.807) is 30.1 Å². The van der Waals surface area contributed by atoms with Crippen LogP contribution in [0.25, 0.3) is 0 Å². The van der Waals surface area contributed by atoms with Crippen LogP contribution in [-0.4, -0.2) is 47.4 Å². The fraction of sp³-hybridized carbons (Fsp3) is 0.364. The van der Waals surface area contributed by atoms with Gasteiger partial charge in [-0.15, -0.1) is 0 Å². The predicted molar refractivity (Wildman–Crippen MR) is 104 cm³/mol. The molecule has 0 aliphatic carbocycles. The van der Waals surface area contributed by atoms with Crippen LogP contribution in [0.15, 0.2) is 54.6 Å². The van der Waals surface area contributed by atoms with E-state index in [1.165, 1.54) is 11.0 Å². The molecule has 0 aromatic heterocycles. The highest BCUT2D eigenvalue weighted by Crippen LogP contribution is 2.33. The van der Waals surface area contributed by atoms with E-state index >= 15 is 0 Å². The minimum absolute atomic E-state index is 0.0891. The lowest BCUT2D eigenvalue weighted by atomic mass is 9.95. The smallest absolute Gasteiger partial charge is 0.254 e. The maximum Gasteiger partial charge on any atom is 0.254 e. The fourth-order valence-electron chi connectivity index (χ4n) is 3.61. The van der Waals surface area contributed by atoms with Crippen molar-refractivity contribution in [3.8, 4) is 0 Å². The Labute approximate surface area is 164 Å². The molecule has 1 fully saturated rings. The van der Waals surface area contributed by atoms with Crippen LogP contribution in [0.3, 0.4) is 0 Å². The van der Waals surface area contributed by atoms with Gasteiger partial charge >= 0.3 is 0 Å². The quantitative estimate of drug-likeness (QED) is 0.796. The van der Waals surface area contributed by atoms with Gasteiger partial charge < -0.3 is 14.5 Å². The molecular formula is C22H25FN2O3. The molecule has 1 aliphatic heterocycles. The largest absolute Gasteiger partial charge is 0.356 e. The summed E-state index contributed by atoms with van der Waals surface area (Å²) in [5.74, 6) is -0.787. The summed E-state index contributed by atoms with van der Waals surface area (Å²) in [7, 11) is 1.62. The lowest BCUT2D eigenvalue weighted by Crippen LogP contribution is -2.56. The topological polar surface area (TPSA) is 49.9 Å². The molecule has 1 heterocycles. The first-order chi connectivity index (χ1) is 13.4. The number of amides is 2. The Morgan fingerprint density at radius 1 is 1.18 bits per heavy atom. The number of carbonyl (C=O) groups is 2. The van der Waals surface area contributed by atoms with Gasteiger partial charge in [-0.2, -0.15) is 0 Å². The number of rotatable bonds is 5. The van der Waals surface area contributed by atoms with E-state index in [-0.39, 0.29) is 36.8 Å². The normalized spacial score (nSPS) is 19.8. The fourth-order valence-corrected chi connectivity index (χ4v) is 3.61. The van der Waals surface area contributed by atoms with Gasteiger partial charge in [0.25, 0.3) is 5.91 Å². The third-order valence-electron chi connectivity index (χ3n) is 4.94. The summed E-state index contributed by atoms with van der Waals surface area (Å²) >= 11 is 0. The molecule has 148 valence electrons. The number of ether oxygens (including phenoxy) is 1. The number of likely N-dealkylation sites (N-methyl/N-ethyl adjacent to an activating group) is 1. The lowest BCUT2D eigenvalue weighted by Gasteiger charge is -2.43. The molecule has 2 aromatic rings. The molecule has 0 radical (unpaired) electrons. The summed E-state index contributed by atoms with van der Waals surface area (Å²) in [4.78, 5) is 28.9. The first-order valence-electron chi connectivity index (χ1n) is 9.36. The van der Waals surface area contributed by atoms with Gasteiger partial charge in [0.1, 0.15) is 12.4 Å². The van der Waals surface area contributed by atoms with E-state index in [0.29, 0.717) is 5.56 Å². The molecule has 0 saturated carbocycles. The van der Waals surface area contributed by atoms with E-state index in [0.717, 1.165) is 5.56 Å². The van der Waals surface area contributed by atoms with E-state index < -0.39 is 12.1 Å². The summed E-state index contributed by atoms with van der Waals surface area (Å²) in [5, 5.41) is 0. The van der Waals surface area contributed by atoms with Gasteiger partial charge in [-0.05, 0) is 25.5 Å². The Morgan fingerprint density at radius 2 is 1.82 bits per heavy atom. The second kappa shape index (κ2) is 8.52. The van der Waals surface area contributed by atoms with Crippen LogP contribution in [0.2, 0.25) is 0 Å². The summed E-state index contributed by atoms with van der Waals surface area (Å²) < 4.78 is 19.7. The molecule has 3 rings (SSSR count). The molecule has 1 aliphatic rings. The van der Waals surface area contributed by atoms with E-state index in [2.05, 4.69) is 0 Å². The number of carbonyl (C=O) groups excluding carboxylic acids is 2. The van der Waals surface area contributed by atoms with Gasteiger partial charge in [0.05, 0.1) is 6.04 Å². The van der Waals surface area contributed by atoms with Crippen molar-refractivity contribution < 1.29 is 18.7 Å². The summed E-state index contributed by atoms with van der Waals surface area (Å²) in [5.41, 5.74) is 1.27. The Bertz CT molecular complexity index is 841. The minimum Gasteiger partial charge on any atom is -0.356 e. The minimum atomic E-state index is -0.848. The van der Waals surface area contributed by atoms with Crippen LogP contribution < -0.4 is 0 Å². The van der Waals surface area contributed by atoms with Gasteiger partial charge in [-0.25, -0.2) is 4.39 Å². The Morgan fingerprint density at radius 3 is 2.46 bits per heavy atom. The van der Waals surface area contributed by atoms with E-state index in [4.69, 9.17) is 4.74 Å². The van der Waals surface area contributed by atoms with Gasteiger partial charge in [-0.1, -0.05) is 48.5 Å². The zero-order valence-corrected chi connectivity index (χ0v) is 16.3. The van der Waals surface area contributed by atoms with Gasteiger partial charge in [0.15, 0.2) is 6.10 Å². The molecule has 0 unspecified atom stereocenters. The molecule has 2 atom stereocenters. The highest BCUT2D eigenvalue weighted by atomic mass is 19.1.